The molecule has 3 rings (SSSR count). The fraction of sp³-hybridized carbons (Fsp3) is 0.263. The van der Waals surface area contributed by atoms with Gasteiger partial charge in [0.1, 0.15) is 0 Å². The molecule has 1 N–H and O–H groups in total. The first-order chi connectivity index (χ1) is 13.8. The average molecular weight is 457 g/mol. The van der Waals surface area contributed by atoms with Crippen LogP contribution in [0.5, 0.6) is 0 Å². The molecule has 0 aromatic heterocycles. The lowest BCUT2D eigenvalue weighted by Gasteiger charge is -2.31. The SMILES string of the molecule is O=C(Nc1cc(Cl)c(Cl)cc1Cl)C1CCN(C(=O)c2ccc([N+](=O)[O-])cc2)CC1. The quantitative estimate of drug-likeness (QED) is 0.396. The summed E-state index contributed by atoms with van der Waals surface area (Å²) in [4.78, 5) is 37.0. The van der Waals surface area contributed by atoms with Crippen LogP contribution in [0.3, 0.4) is 0 Å². The monoisotopic (exact) mass is 455 g/mol. The molecular weight excluding hydrogens is 441 g/mol. The number of nitro benzene ring substituents is 1. The number of nitrogens with zero attached hydrogens (tertiary/aromatic N) is 2. The van der Waals surface area contributed by atoms with Crippen LogP contribution >= 0.6 is 34.8 Å². The number of piperidine rings is 1. The number of likely N-dealkylation sites (tertiary alicyclic amines) is 1. The number of carbonyl (C=O) groups excluding carboxylic acids is 2. The van der Waals surface area contributed by atoms with Crippen molar-refractivity contribution >= 4 is 58.0 Å². The highest BCUT2D eigenvalue weighted by Crippen LogP contribution is 2.33. The number of non-ortho nitro benzene ring substituents is 1. The number of amides is 2. The first-order valence-corrected chi connectivity index (χ1v) is 9.89. The molecule has 1 heterocycles. The second-order valence-corrected chi connectivity index (χ2v) is 7.83. The number of carbonyl (C=O) groups is 2. The molecule has 1 saturated heterocycles. The third-order valence-corrected chi connectivity index (χ3v) is 5.78. The van der Waals surface area contributed by atoms with Gasteiger partial charge in [0.25, 0.3) is 11.6 Å². The topological polar surface area (TPSA) is 92.6 Å². The summed E-state index contributed by atoms with van der Waals surface area (Å²) in [6.45, 7) is 0.812. The van der Waals surface area contributed by atoms with E-state index in [0.29, 0.717) is 47.2 Å². The molecule has 1 aliphatic heterocycles. The molecular formula is C19H16Cl3N3O4. The van der Waals surface area contributed by atoms with Gasteiger partial charge >= 0.3 is 0 Å². The van der Waals surface area contributed by atoms with Crippen LogP contribution < -0.4 is 5.32 Å². The number of halogens is 3. The first-order valence-electron chi connectivity index (χ1n) is 8.75. The van der Waals surface area contributed by atoms with Crippen molar-refractivity contribution in [1.29, 1.82) is 0 Å². The first kappa shape index (κ1) is 21.4. The summed E-state index contributed by atoms with van der Waals surface area (Å²) >= 11 is 18.0. The van der Waals surface area contributed by atoms with Gasteiger partial charge in [-0.2, -0.15) is 0 Å². The van der Waals surface area contributed by atoms with E-state index in [2.05, 4.69) is 5.32 Å². The largest absolute Gasteiger partial charge is 0.339 e. The van der Waals surface area contributed by atoms with Gasteiger partial charge in [0, 0.05) is 36.7 Å². The van der Waals surface area contributed by atoms with Crippen LogP contribution in [0.1, 0.15) is 23.2 Å². The zero-order valence-electron chi connectivity index (χ0n) is 15.0. The van der Waals surface area contributed by atoms with E-state index in [9.17, 15) is 19.7 Å². The number of rotatable bonds is 4. The van der Waals surface area contributed by atoms with Gasteiger partial charge in [-0.3, -0.25) is 19.7 Å². The summed E-state index contributed by atoms with van der Waals surface area (Å²) in [5.74, 6) is -0.694. The van der Waals surface area contributed by atoms with E-state index in [-0.39, 0.29) is 28.4 Å². The molecule has 2 aromatic carbocycles. The second kappa shape index (κ2) is 8.98. The lowest BCUT2D eigenvalue weighted by atomic mass is 9.95. The van der Waals surface area contributed by atoms with Crippen LogP contribution in [0.15, 0.2) is 36.4 Å². The predicted molar refractivity (Wildman–Crippen MR) is 112 cm³/mol. The van der Waals surface area contributed by atoms with Gasteiger partial charge in [-0.1, -0.05) is 34.8 Å². The van der Waals surface area contributed by atoms with Crippen molar-refractivity contribution in [2.45, 2.75) is 12.8 Å². The van der Waals surface area contributed by atoms with E-state index < -0.39 is 4.92 Å². The standard InChI is InChI=1S/C19H16Cl3N3O4/c20-14-9-16(22)17(10-15(14)21)23-18(26)11-5-7-24(8-6-11)19(27)12-1-3-13(4-2-12)25(28)29/h1-4,9-11H,5-8H2,(H,23,26). The molecule has 1 aliphatic rings. The van der Waals surface area contributed by atoms with Gasteiger partial charge in [-0.05, 0) is 37.1 Å². The van der Waals surface area contributed by atoms with Gasteiger partial charge < -0.3 is 10.2 Å². The van der Waals surface area contributed by atoms with Gasteiger partial charge in [0.05, 0.1) is 25.7 Å². The third-order valence-electron chi connectivity index (χ3n) is 4.75. The van der Waals surface area contributed by atoms with Crippen LogP contribution in [0.25, 0.3) is 0 Å². The molecule has 29 heavy (non-hydrogen) atoms. The predicted octanol–water partition coefficient (Wildman–Crippen LogP) is 5.05. The zero-order chi connectivity index (χ0) is 21.1. The maximum absolute atomic E-state index is 12.6. The molecule has 0 bridgehead atoms. The van der Waals surface area contributed by atoms with Gasteiger partial charge in [-0.15, -0.1) is 0 Å². The zero-order valence-corrected chi connectivity index (χ0v) is 17.3. The molecule has 0 radical (unpaired) electrons. The maximum Gasteiger partial charge on any atom is 0.269 e. The second-order valence-electron chi connectivity index (χ2n) is 6.61. The minimum absolute atomic E-state index is 0.0714. The van der Waals surface area contributed by atoms with Crippen molar-refractivity contribution in [1.82, 2.24) is 4.90 Å². The maximum atomic E-state index is 12.6. The summed E-state index contributed by atoms with van der Waals surface area (Å²) in [5, 5.41) is 14.4. The Balaban J connectivity index is 1.58. The Hall–Kier alpha value is -2.35. The van der Waals surface area contributed by atoms with Crippen LogP contribution in [-0.4, -0.2) is 34.7 Å². The highest BCUT2D eigenvalue weighted by Gasteiger charge is 2.28. The summed E-state index contributed by atoms with van der Waals surface area (Å²) < 4.78 is 0. The molecule has 2 amide bonds. The van der Waals surface area contributed by atoms with Crippen LogP contribution in [0, 0.1) is 16.0 Å². The molecule has 1 fully saturated rings. The van der Waals surface area contributed by atoms with Gasteiger partial charge in [0.15, 0.2) is 0 Å². The smallest absolute Gasteiger partial charge is 0.269 e. The highest BCUT2D eigenvalue weighted by molar-refractivity contribution is 6.44. The van der Waals surface area contributed by atoms with E-state index in [0.717, 1.165) is 0 Å². The number of hydrogen-bond donors (Lipinski definition) is 1. The van der Waals surface area contributed by atoms with Crippen molar-refractivity contribution < 1.29 is 14.5 Å². The van der Waals surface area contributed by atoms with Crippen molar-refractivity contribution in [3.8, 4) is 0 Å². The molecule has 0 saturated carbocycles. The summed E-state index contributed by atoms with van der Waals surface area (Å²) in [7, 11) is 0. The fourth-order valence-electron chi connectivity index (χ4n) is 3.11. The minimum atomic E-state index is -0.515. The van der Waals surface area contributed by atoms with E-state index in [1.807, 2.05) is 0 Å². The number of benzene rings is 2. The molecule has 0 aliphatic carbocycles. The number of nitrogens with one attached hydrogen (secondary N) is 1. The van der Waals surface area contributed by atoms with E-state index in [1.165, 1.54) is 36.4 Å². The van der Waals surface area contributed by atoms with E-state index in [4.69, 9.17) is 34.8 Å². The molecule has 152 valence electrons. The molecule has 10 heteroatoms. The minimum Gasteiger partial charge on any atom is -0.339 e. The van der Waals surface area contributed by atoms with Crippen LogP contribution in [0.2, 0.25) is 15.1 Å². The molecule has 2 aromatic rings. The van der Waals surface area contributed by atoms with Crippen LogP contribution in [-0.2, 0) is 4.79 Å². The summed E-state index contributed by atoms with van der Waals surface area (Å²) in [6.07, 6.45) is 0.979. The summed E-state index contributed by atoms with van der Waals surface area (Å²) in [6, 6.07) is 8.43. The van der Waals surface area contributed by atoms with Crippen molar-refractivity contribution in [2.24, 2.45) is 5.92 Å². The highest BCUT2D eigenvalue weighted by atomic mass is 35.5. The lowest BCUT2D eigenvalue weighted by molar-refractivity contribution is -0.384. The van der Waals surface area contributed by atoms with Crippen molar-refractivity contribution in [3.63, 3.8) is 0 Å². The van der Waals surface area contributed by atoms with Gasteiger partial charge in [-0.25, -0.2) is 0 Å². The Labute approximate surface area is 181 Å². The number of hydrogen-bond acceptors (Lipinski definition) is 4. The Morgan fingerprint density at radius 1 is 1.00 bits per heavy atom. The molecule has 7 nitrogen and oxygen atoms in total. The molecule has 0 unspecified atom stereocenters. The third kappa shape index (κ3) is 4.98. The van der Waals surface area contributed by atoms with E-state index >= 15 is 0 Å². The van der Waals surface area contributed by atoms with Gasteiger partial charge in [0.2, 0.25) is 5.91 Å². The Morgan fingerprint density at radius 2 is 1.59 bits per heavy atom. The van der Waals surface area contributed by atoms with Crippen LogP contribution in [0.4, 0.5) is 11.4 Å². The Bertz CT molecular complexity index is 958. The molecule has 0 spiro atoms. The van der Waals surface area contributed by atoms with Crippen molar-refractivity contribution in [3.05, 3.63) is 67.1 Å². The summed E-state index contributed by atoms with van der Waals surface area (Å²) in [5.41, 5.74) is 0.689. The Kier molecular flexibility index (Phi) is 6.62. The lowest BCUT2D eigenvalue weighted by Crippen LogP contribution is -2.41. The van der Waals surface area contributed by atoms with E-state index in [1.54, 1.807) is 4.90 Å². The Morgan fingerprint density at radius 3 is 2.17 bits per heavy atom. The fourth-order valence-corrected chi connectivity index (χ4v) is 3.70. The number of nitro groups is 1. The van der Waals surface area contributed by atoms with Crippen molar-refractivity contribution in [2.75, 3.05) is 18.4 Å². The number of anilines is 1. The molecule has 0 atom stereocenters. The normalized spacial score (nSPS) is 14.5. The average Bonchev–Trinajstić information content (AvgIpc) is 2.71.